The number of carboxylic acids is 2. The van der Waals surface area contributed by atoms with E-state index < -0.39 is 11.9 Å². The lowest BCUT2D eigenvalue weighted by Gasteiger charge is -2.11. The molecule has 0 aliphatic rings. The summed E-state index contributed by atoms with van der Waals surface area (Å²) in [4.78, 5) is 22.5. The van der Waals surface area contributed by atoms with E-state index in [9.17, 15) is 19.1 Å². The van der Waals surface area contributed by atoms with E-state index in [1.54, 1.807) is 12.1 Å². The highest BCUT2D eigenvalue weighted by atomic mass is 19.1. The average Bonchev–Trinajstić information content (AvgIpc) is 2.40. The first-order valence-electron chi connectivity index (χ1n) is 6.23. The molecule has 2 rings (SSSR count). The Bertz CT molecular complexity index is 705. The molecule has 0 radical (unpaired) electrons. The van der Waals surface area contributed by atoms with Crippen molar-refractivity contribution >= 4 is 11.9 Å². The van der Waals surface area contributed by atoms with Crippen molar-refractivity contribution in [3.8, 4) is 0 Å². The molecule has 4 nitrogen and oxygen atoms in total. The van der Waals surface area contributed by atoms with Crippen LogP contribution >= 0.6 is 0 Å². The van der Waals surface area contributed by atoms with Crippen LogP contribution in [0.1, 0.15) is 37.4 Å². The molecular weight excluding hydrogens is 275 g/mol. The number of hydrogen-bond acceptors (Lipinski definition) is 2. The van der Waals surface area contributed by atoms with Crippen LogP contribution in [-0.4, -0.2) is 22.2 Å². The summed E-state index contributed by atoms with van der Waals surface area (Å²) in [5.74, 6) is -2.70. The molecule has 0 aliphatic heterocycles. The molecular formula is C16H13FO4. The van der Waals surface area contributed by atoms with Crippen molar-refractivity contribution < 1.29 is 24.2 Å². The number of carbonyl (C=O) groups is 2. The van der Waals surface area contributed by atoms with Crippen LogP contribution in [0.5, 0.6) is 0 Å². The van der Waals surface area contributed by atoms with Crippen LogP contribution in [0, 0.1) is 12.7 Å². The molecule has 108 valence electrons. The molecule has 0 fully saturated rings. The summed E-state index contributed by atoms with van der Waals surface area (Å²) < 4.78 is 12.9. The molecule has 2 N–H and O–H groups in total. The van der Waals surface area contributed by atoms with Crippen LogP contribution in [0.25, 0.3) is 0 Å². The van der Waals surface area contributed by atoms with Gasteiger partial charge in [-0.05, 0) is 48.2 Å². The predicted octanol–water partition coefficient (Wildman–Crippen LogP) is 3.12. The van der Waals surface area contributed by atoms with E-state index in [2.05, 4.69) is 0 Å². The van der Waals surface area contributed by atoms with E-state index in [1.807, 2.05) is 0 Å². The molecule has 0 saturated heterocycles. The molecule has 0 spiro atoms. The SMILES string of the molecule is Cc1c(C(=O)O)ccc(Cc2ccc(F)cc2)c1C(=O)O. The molecule has 0 aromatic heterocycles. The molecule has 2 aromatic carbocycles. The van der Waals surface area contributed by atoms with Crippen molar-refractivity contribution in [2.24, 2.45) is 0 Å². The average molecular weight is 288 g/mol. The first kappa shape index (κ1) is 14.7. The lowest BCUT2D eigenvalue weighted by molar-refractivity contribution is 0.0695. The summed E-state index contributed by atoms with van der Waals surface area (Å²) in [6, 6.07) is 8.62. The van der Waals surface area contributed by atoms with Crippen molar-refractivity contribution in [2.75, 3.05) is 0 Å². The summed E-state index contributed by atoms with van der Waals surface area (Å²) in [6.45, 7) is 1.47. The van der Waals surface area contributed by atoms with E-state index in [-0.39, 0.29) is 22.5 Å². The number of halogens is 1. The number of hydrogen-bond donors (Lipinski definition) is 2. The van der Waals surface area contributed by atoms with Gasteiger partial charge < -0.3 is 10.2 Å². The second kappa shape index (κ2) is 5.75. The number of aromatic carboxylic acids is 2. The molecule has 0 heterocycles. The summed E-state index contributed by atoms with van der Waals surface area (Å²) in [5, 5.41) is 18.4. The van der Waals surface area contributed by atoms with Gasteiger partial charge in [-0.3, -0.25) is 0 Å². The smallest absolute Gasteiger partial charge is 0.336 e. The summed E-state index contributed by atoms with van der Waals surface area (Å²) in [6.07, 6.45) is 0.294. The van der Waals surface area contributed by atoms with Crippen LogP contribution in [0.3, 0.4) is 0 Å². The molecule has 0 amide bonds. The van der Waals surface area contributed by atoms with Crippen molar-refractivity contribution in [1.29, 1.82) is 0 Å². The Hall–Kier alpha value is -2.69. The molecule has 5 heteroatoms. The largest absolute Gasteiger partial charge is 0.478 e. The van der Waals surface area contributed by atoms with Gasteiger partial charge in [-0.2, -0.15) is 0 Å². The van der Waals surface area contributed by atoms with Gasteiger partial charge in [0.2, 0.25) is 0 Å². The third-order valence-corrected chi connectivity index (χ3v) is 3.30. The molecule has 0 saturated carbocycles. The van der Waals surface area contributed by atoms with E-state index in [4.69, 9.17) is 5.11 Å². The third kappa shape index (κ3) is 3.08. The molecule has 0 atom stereocenters. The molecule has 2 aromatic rings. The zero-order valence-electron chi connectivity index (χ0n) is 11.3. The molecule has 21 heavy (non-hydrogen) atoms. The topological polar surface area (TPSA) is 74.6 Å². The Kier molecular flexibility index (Phi) is 4.03. The van der Waals surface area contributed by atoms with Crippen LogP contribution < -0.4 is 0 Å². The van der Waals surface area contributed by atoms with Gasteiger partial charge in [-0.1, -0.05) is 18.2 Å². The minimum atomic E-state index is -1.17. The van der Waals surface area contributed by atoms with Gasteiger partial charge in [0.1, 0.15) is 5.82 Å². The lowest BCUT2D eigenvalue weighted by Crippen LogP contribution is -2.11. The summed E-state index contributed by atoms with van der Waals surface area (Å²) in [7, 11) is 0. The Morgan fingerprint density at radius 3 is 2.14 bits per heavy atom. The van der Waals surface area contributed by atoms with E-state index >= 15 is 0 Å². The number of benzene rings is 2. The Morgan fingerprint density at radius 2 is 1.62 bits per heavy atom. The highest BCUT2D eigenvalue weighted by Crippen LogP contribution is 2.22. The quantitative estimate of drug-likeness (QED) is 0.906. The monoisotopic (exact) mass is 288 g/mol. The van der Waals surface area contributed by atoms with E-state index in [0.717, 1.165) is 5.56 Å². The number of rotatable bonds is 4. The van der Waals surface area contributed by atoms with E-state index in [0.29, 0.717) is 12.0 Å². The summed E-state index contributed by atoms with van der Waals surface area (Å²) in [5.41, 5.74) is 1.42. The normalized spacial score (nSPS) is 10.4. The maximum Gasteiger partial charge on any atom is 0.336 e. The van der Waals surface area contributed by atoms with Crippen molar-refractivity contribution in [3.05, 3.63) is 70.0 Å². The van der Waals surface area contributed by atoms with E-state index in [1.165, 1.54) is 31.2 Å². The Balaban J connectivity index is 2.48. The summed E-state index contributed by atoms with van der Waals surface area (Å²) >= 11 is 0. The lowest BCUT2D eigenvalue weighted by atomic mass is 9.93. The van der Waals surface area contributed by atoms with Crippen LogP contribution in [-0.2, 0) is 6.42 Å². The molecule has 0 aliphatic carbocycles. The van der Waals surface area contributed by atoms with Crippen LogP contribution in [0.2, 0.25) is 0 Å². The zero-order valence-corrected chi connectivity index (χ0v) is 11.3. The Labute approximate surface area is 120 Å². The highest BCUT2D eigenvalue weighted by Gasteiger charge is 2.19. The van der Waals surface area contributed by atoms with Gasteiger partial charge in [-0.15, -0.1) is 0 Å². The predicted molar refractivity (Wildman–Crippen MR) is 74.3 cm³/mol. The zero-order chi connectivity index (χ0) is 15.6. The van der Waals surface area contributed by atoms with Gasteiger partial charge in [0.05, 0.1) is 11.1 Å². The second-order valence-electron chi connectivity index (χ2n) is 4.69. The standard InChI is InChI=1S/C16H13FO4/c1-9-13(15(18)19)7-4-11(14(9)16(20)21)8-10-2-5-12(17)6-3-10/h2-7H,8H2,1H3,(H,18,19)(H,20,21). The van der Waals surface area contributed by atoms with Crippen molar-refractivity contribution in [1.82, 2.24) is 0 Å². The molecule has 0 unspecified atom stereocenters. The van der Waals surface area contributed by atoms with Crippen LogP contribution in [0.15, 0.2) is 36.4 Å². The molecule has 0 bridgehead atoms. The number of carboxylic acid groups (broad SMARTS) is 2. The third-order valence-electron chi connectivity index (χ3n) is 3.30. The van der Waals surface area contributed by atoms with Gasteiger partial charge in [0.15, 0.2) is 0 Å². The van der Waals surface area contributed by atoms with Gasteiger partial charge in [-0.25, -0.2) is 14.0 Å². The van der Waals surface area contributed by atoms with Gasteiger partial charge in [0.25, 0.3) is 0 Å². The fourth-order valence-electron chi connectivity index (χ4n) is 2.27. The van der Waals surface area contributed by atoms with Gasteiger partial charge in [0, 0.05) is 0 Å². The first-order chi connectivity index (χ1) is 9.90. The van der Waals surface area contributed by atoms with Crippen molar-refractivity contribution in [3.63, 3.8) is 0 Å². The maximum atomic E-state index is 12.9. The fraction of sp³-hybridized carbons (Fsp3) is 0.125. The highest BCUT2D eigenvalue weighted by molar-refractivity contribution is 5.97. The fourth-order valence-corrected chi connectivity index (χ4v) is 2.27. The minimum Gasteiger partial charge on any atom is -0.478 e. The van der Waals surface area contributed by atoms with Crippen molar-refractivity contribution in [2.45, 2.75) is 13.3 Å². The Morgan fingerprint density at radius 1 is 1.00 bits per heavy atom. The first-order valence-corrected chi connectivity index (χ1v) is 6.23. The van der Waals surface area contributed by atoms with Gasteiger partial charge >= 0.3 is 11.9 Å². The maximum absolute atomic E-state index is 12.9. The van der Waals surface area contributed by atoms with Crippen LogP contribution in [0.4, 0.5) is 4.39 Å². The minimum absolute atomic E-state index is 0.0146. The second-order valence-corrected chi connectivity index (χ2v) is 4.69.